The van der Waals surface area contributed by atoms with E-state index in [1.165, 1.54) is 43.6 Å². The molecular weight excluding hydrogens is 272 g/mol. The van der Waals surface area contributed by atoms with E-state index in [9.17, 15) is 0 Å². The fourth-order valence-electron chi connectivity index (χ4n) is 5.89. The van der Waals surface area contributed by atoms with E-state index in [0.717, 1.165) is 11.7 Å². The Balaban J connectivity index is 1.67. The highest BCUT2D eigenvalue weighted by Crippen LogP contribution is 2.60. The number of benzene rings is 1. The molecule has 22 heavy (non-hydrogen) atoms. The van der Waals surface area contributed by atoms with Crippen LogP contribution in [0.15, 0.2) is 29.8 Å². The predicted octanol–water partition coefficient (Wildman–Crippen LogP) is 3.17. The quantitative estimate of drug-likeness (QED) is 0.806. The van der Waals surface area contributed by atoms with Gasteiger partial charge in [-0.25, -0.2) is 0 Å². The summed E-state index contributed by atoms with van der Waals surface area (Å²) >= 11 is 0. The molecule has 1 N–H and O–H groups in total. The topological polar surface area (TPSA) is 24.5 Å². The predicted molar refractivity (Wildman–Crippen MR) is 88.5 cm³/mol. The Morgan fingerprint density at radius 2 is 2.27 bits per heavy atom. The van der Waals surface area contributed by atoms with Crippen LogP contribution in [0.25, 0.3) is 0 Å². The van der Waals surface area contributed by atoms with Crippen LogP contribution in [-0.4, -0.2) is 37.2 Å². The minimum absolute atomic E-state index is 0.319. The number of nitrogens with zero attached hydrogens (tertiary/aromatic N) is 1. The number of allylic oxidation sites excluding steroid dienone is 1. The van der Waals surface area contributed by atoms with Crippen LogP contribution in [-0.2, 0) is 5.41 Å². The number of hydrogen-bond acceptors (Lipinski definition) is 3. The maximum Gasteiger partial charge on any atom is 0.142 e. The molecule has 116 valence electrons. The smallest absolute Gasteiger partial charge is 0.142 e. The molecule has 0 aromatic heterocycles. The van der Waals surface area contributed by atoms with Gasteiger partial charge in [0, 0.05) is 24.0 Å². The Bertz CT molecular complexity index is 667. The van der Waals surface area contributed by atoms with E-state index in [1.54, 1.807) is 12.7 Å². The summed E-state index contributed by atoms with van der Waals surface area (Å²) in [5.41, 5.74) is 4.77. The van der Waals surface area contributed by atoms with E-state index in [-0.39, 0.29) is 0 Å². The number of piperidine rings is 1. The lowest BCUT2D eigenvalue weighted by atomic mass is 9.60. The van der Waals surface area contributed by atoms with Crippen LogP contribution in [0.4, 0.5) is 5.69 Å². The number of methoxy groups -OCH3 is 1. The molecule has 3 heteroatoms. The van der Waals surface area contributed by atoms with Crippen molar-refractivity contribution >= 4 is 5.69 Å². The van der Waals surface area contributed by atoms with E-state index >= 15 is 0 Å². The Morgan fingerprint density at radius 3 is 3.09 bits per heavy atom. The van der Waals surface area contributed by atoms with Crippen LogP contribution in [0.1, 0.15) is 31.7 Å². The normalized spacial score (nSPS) is 40.3. The number of nitrogens with one attached hydrogen (secondary N) is 1. The number of hydrogen-bond donors (Lipinski definition) is 1. The van der Waals surface area contributed by atoms with Crippen LogP contribution in [0.3, 0.4) is 0 Å². The Kier molecular flexibility index (Phi) is 2.53. The molecule has 3 aliphatic heterocycles. The first-order valence-electron chi connectivity index (χ1n) is 8.61. The van der Waals surface area contributed by atoms with Crippen LogP contribution < -0.4 is 10.1 Å². The first-order chi connectivity index (χ1) is 10.8. The molecule has 5 rings (SSSR count). The summed E-state index contributed by atoms with van der Waals surface area (Å²) in [5, 5.41) is 3.87. The first-order valence-corrected chi connectivity index (χ1v) is 8.61. The molecule has 3 fully saturated rings. The highest BCUT2D eigenvalue weighted by atomic mass is 16.5. The third kappa shape index (κ3) is 1.37. The van der Waals surface area contributed by atoms with Gasteiger partial charge in [-0.3, -0.25) is 4.90 Å². The Morgan fingerprint density at radius 1 is 1.36 bits per heavy atom. The zero-order chi connectivity index (χ0) is 14.9. The van der Waals surface area contributed by atoms with Gasteiger partial charge in [0.05, 0.1) is 12.8 Å². The fraction of sp³-hybridized carbons (Fsp3) is 0.579. The molecule has 0 amide bonds. The van der Waals surface area contributed by atoms with Gasteiger partial charge < -0.3 is 10.1 Å². The molecule has 1 saturated carbocycles. The number of rotatable bonds is 1. The number of ether oxygens (including phenoxy) is 1. The van der Waals surface area contributed by atoms with Crippen molar-refractivity contribution in [3.05, 3.63) is 35.4 Å². The van der Waals surface area contributed by atoms with Gasteiger partial charge in [0.15, 0.2) is 0 Å². The molecule has 1 aliphatic carbocycles. The maximum atomic E-state index is 5.63. The molecule has 0 unspecified atom stereocenters. The zero-order valence-corrected chi connectivity index (χ0v) is 13.4. The molecule has 4 atom stereocenters. The summed E-state index contributed by atoms with van der Waals surface area (Å²) < 4.78 is 5.63. The lowest BCUT2D eigenvalue weighted by molar-refractivity contribution is 0.101. The van der Waals surface area contributed by atoms with Crippen LogP contribution in [0.2, 0.25) is 0 Å². The standard InChI is InChI=1S/C19H24N2O/c1-3-12-11-21-8-7-19-14-5-4-6-15(22-2)18(14)20-16(19)9-13(12)10-17(19)21/h3-6,13,16-17,20H,7-11H2,1-2H3/b12-3-/t13-,16-,17-,19-/m0/s1. The first kappa shape index (κ1) is 13.0. The number of para-hydroxylation sites is 1. The molecule has 1 spiro atoms. The minimum Gasteiger partial charge on any atom is -0.495 e. The third-order valence-corrected chi connectivity index (χ3v) is 6.84. The molecule has 0 radical (unpaired) electrons. The molecule has 2 saturated heterocycles. The molecular formula is C19H24N2O. The second-order valence-corrected chi connectivity index (χ2v) is 7.39. The molecule has 3 nitrogen and oxygen atoms in total. The van der Waals surface area contributed by atoms with Gasteiger partial charge in [-0.15, -0.1) is 0 Å². The number of fused-ring (bicyclic) bond motifs is 2. The highest BCUT2D eigenvalue weighted by Gasteiger charge is 2.62. The van der Waals surface area contributed by atoms with Crippen molar-refractivity contribution < 1.29 is 4.74 Å². The van der Waals surface area contributed by atoms with Crippen molar-refractivity contribution in [2.24, 2.45) is 5.92 Å². The van der Waals surface area contributed by atoms with Gasteiger partial charge in [-0.1, -0.05) is 23.8 Å². The Labute approximate surface area is 132 Å². The molecule has 1 aromatic rings. The van der Waals surface area contributed by atoms with E-state index in [4.69, 9.17) is 4.74 Å². The van der Waals surface area contributed by atoms with Gasteiger partial charge in [0.25, 0.3) is 0 Å². The summed E-state index contributed by atoms with van der Waals surface area (Å²) in [5.74, 6) is 1.79. The van der Waals surface area contributed by atoms with Gasteiger partial charge in [0.1, 0.15) is 5.75 Å². The SMILES string of the molecule is C/C=C1/CN2CC[C@]34c5cccc(OC)c5N[C@H]3C[C@H]1C[C@H]24. The van der Waals surface area contributed by atoms with Gasteiger partial charge in [-0.05, 0) is 50.3 Å². The molecule has 2 bridgehead atoms. The second-order valence-electron chi connectivity index (χ2n) is 7.39. The Hall–Kier alpha value is -1.48. The summed E-state index contributed by atoms with van der Waals surface area (Å²) in [6, 6.07) is 7.89. The molecule has 1 aromatic carbocycles. The zero-order valence-electron chi connectivity index (χ0n) is 13.4. The van der Waals surface area contributed by atoms with Gasteiger partial charge in [0.2, 0.25) is 0 Å². The van der Waals surface area contributed by atoms with E-state index < -0.39 is 0 Å². The van der Waals surface area contributed by atoms with Crippen LogP contribution >= 0.6 is 0 Å². The van der Waals surface area contributed by atoms with Crippen molar-refractivity contribution in [3.8, 4) is 5.75 Å². The van der Waals surface area contributed by atoms with Crippen LogP contribution in [0.5, 0.6) is 5.75 Å². The summed E-state index contributed by atoms with van der Waals surface area (Å²) in [6.07, 6.45) is 6.28. The monoisotopic (exact) mass is 296 g/mol. The van der Waals surface area contributed by atoms with Crippen molar-refractivity contribution in [2.45, 2.75) is 43.7 Å². The van der Waals surface area contributed by atoms with E-state index in [0.29, 0.717) is 17.5 Å². The van der Waals surface area contributed by atoms with E-state index in [2.05, 4.69) is 41.4 Å². The molecule has 4 aliphatic rings. The third-order valence-electron chi connectivity index (χ3n) is 6.84. The summed E-state index contributed by atoms with van der Waals surface area (Å²) in [6.45, 7) is 4.65. The lowest BCUT2D eigenvalue weighted by Crippen LogP contribution is -2.57. The second kappa shape index (κ2) is 4.29. The number of anilines is 1. The average molecular weight is 296 g/mol. The highest BCUT2D eigenvalue weighted by molar-refractivity contribution is 5.71. The van der Waals surface area contributed by atoms with Gasteiger partial charge in [-0.2, -0.15) is 0 Å². The van der Waals surface area contributed by atoms with Crippen molar-refractivity contribution in [2.75, 3.05) is 25.5 Å². The van der Waals surface area contributed by atoms with Crippen molar-refractivity contribution in [1.29, 1.82) is 0 Å². The fourth-order valence-corrected chi connectivity index (χ4v) is 5.89. The van der Waals surface area contributed by atoms with Crippen molar-refractivity contribution in [1.82, 2.24) is 4.90 Å². The van der Waals surface area contributed by atoms with Crippen LogP contribution in [0, 0.1) is 5.92 Å². The maximum absolute atomic E-state index is 5.63. The summed E-state index contributed by atoms with van der Waals surface area (Å²) in [4.78, 5) is 2.74. The lowest BCUT2D eigenvalue weighted by Gasteiger charge is -2.51. The largest absolute Gasteiger partial charge is 0.495 e. The van der Waals surface area contributed by atoms with Gasteiger partial charge >= 0.3 is 0 Å². The minimum atomic E-state index is 0.319. The molecule has 3 heterocycles. The van der Waals surface area contributed by atoms with Crippen molar-refractivity contribution in [3.63, 3.8) is 0 Å². The average Bonchev–Trinajstić information content (AvgIpc) is 3.10. The van der Waals surface area contributed by atoms with E-state index in [1.807, 2.05) is 0 Å². The summed E-state index contributed by atoms with van der Waals surface area (Å²) in [7, 11) is 1.79.